The topological polar surface area (TPSA) is 63.4 Å². The van der Waals surface area contributed by atoms with Crippen molar-refractivity contribution in [1.29, 1.82) is 0 Å². The van der Waals surface area contributed by atoms with Gasteiger partial charge in [-0.3, -0.25) is 0 Å². The first-order valence-corrected chi connectivity index (χ1v) is 8.59. The summed E-state index contributed by atoms with van der Waals surface area (Å²) >= 11 is 5.85. The molecule has 0 spiro atoms. The van der Waals surface area contributed by atoms with Crippen LogP contribution in [0.5, 0.6) is 0 Å². The van der Waals surface area contributed by atoms with Crippen LogP contribution in [0.15, 0.2) is 23.1 Å². The van der Waals surface area contributed by atoms with Crippen LogP contribution in [-0.4, -0.2) is 25.8 Å². The molecular weight excluding hydrogens is 296 g/mol. The summed E-state index contributed by atoms with van der Waals surface area (Å²) in [6.45, 7) is 5.49. The van der Waals surface area contributed by atoms with Crippen molar-refractivity contribution in [1.82, 2.24) is 4.31 Å². The van der Waals surface area contributed by atoms with Gasteiger partial charge in [-0.1, -0.05) is 25.4 Å². The third kappa shape index (κ3) is 3.27. The van der Waals surface area contributed by atoms with E-state index in [1.807, 2.05) is 0 Å². The molecule has 2 rings (SSSR count). The highest BCUT2D eigenvalue weighted by molar-refractivity contribution is 7.89. The number of nitrogens with two attached hydrogens (primary N) is 1. The Morgan fingerprint density at radius 1 is 1.25 bits per heavy atom. The van der Waals surface area contributed by atoms with E-state index >= 15 is 0 Å². The molecule has 1 fully saturated rings. The van der Waals surface area contributed by atoms with Crippen LogP contribution in [0.25, 0.3) is 0 Å². The van der Waals surface area contributed by atoms with Gasteiger partial charge in [0.1, 0.15) is 0 Å². The number of nitrogens with zero attached hydrogens (tertiary/aromatic N) is 1. The fourth-order valence-electron chi connectivity index (χ4n) is 2.47. The van der Waals surface area contributed by atoms with Gasteiger partial charge in [-0.05, 0) is 42.9 Å². The molecule has 0 bridgehead atoms. The summed E-state index contributed by atoms with van der Waals surface area (Å²) in [5.74, 6) is 0. The Morgan fingerprint density at radius 2 is 1.95 bits per heavy atom. The van der Waals surface area contributed by atoms with E-state index in [4.69, 9.17) is 17.3 Å². The molecule has 0 aromatic heterocycles. The zero-order valence-electron chi connectivity index (χ0n) is 11.9. The fraction of sp³-hybridized carbons (Fsp3) is 0.571. The summed E-state index contributed by atoms with van der Waals surface area (Å²) < 4.78 is 26.8. The maximum absolute atomic E-state index is 12.6. The minimum Gasteiger partial charge on any atom is -0.397 e. The molecule has 2 N–H and O–H groups in total. The van der Waals surface area contributed by atoms with Crippen LogP contribution in [0.3, 0.4) is 0 Å². The number of hydrogen-bond donors (Lipinski definition) is 1. The van der Waals surface area contributed by atoms with Gasteiger partial charge in [0.15, 0.2) is 0 Å². The second-order valence-corrected chi connectivity index (χ2v) is 8.45. The number of anilines is 1. The highest BCUT2D eigenvalue weighted by Gasteiger charge is 2.30. The van der Waals surface area contributed by atoms with Crippen molar-refractivity contribution in [3.05, 3.63) is 23.2 Å². The van der Waals surface area contributed by atoms with Gasteiger partial charge in [0, 0.05) is 13.1 Å². The Morgan fingerprint density at radius 3 is 2.60 bits per heavy atom. The summed E-state index contributed by atoms with van der Waals surface area (Å²) in [5.41, 5.74) is 6.20. The number of sulfonamides is 1. The van der Waals surface area contributed by atoms with E-state index in [0.29, 0.717) is 23.8 Å². The van der Waals surface area contributed by atoms with Gasteiger partial charge in [0.25, 0.3) is 0 Å². The fourth-order valence-corrected chi connectivity index (χ4v) is 4.10. The van der Waals surface area contributed by atoms with Crippen LogP contribution in [0.1, 0.15) is 33.1 Å². The van der Waals surface area contributed by atoms with Crippen molar-refractivity contribution in [3.8, 4) is 0 Å². The van der Waals surface area contributed by atoms with Crippen LogP contribution in [0, 0.1) is 5.41 Å². The lowest BCUT2D eigenvalue weighted by molar-refractivity contribution is 0.315. The van der Waals surface area contributed by atoms with Crippen LogP contribution >= 0.6 is 11.6 Å². The maximum Gasteiger partial charge on any atom is 0.243 e. The highest BCUT2D eigenvalue weighted by atomic mass is 35.5. The van der Waals surface area contributed by atoms with E-state index in [0.717, 1.165) is 19.3 Å². The molecule has 1 aromatic carbocycles. The van der Waals surface area contributed by atoms with E-state index in [-0.39, 0.29) is 10.3 Å². The van der Waals surface area contributed by atoms with Gasteiger partial charge in [-0.2, -0.15) is 4.31 Å². The lowest BCUT2D eigenvalue weighted by Gasteiger charge is -2.23. The summed E-state index contributed by atoms with van der Waals surface area (Å²) in [6.07, 6.45) is 2.80. The molecule has 6 heteroatoms. The lowest BCUT2D eigenvalue weighted by atomic mass is 9.85. The Balaban J connectivity index is 2.28. The summed E-state index contributed by atoms with van der Waals surface area (Å²) in [6, 6.07) is 4.49. The van der Waals surface area contributed by atoms with Gasteiger partial charge in [0.05, 0.1) is 15.6 Å². The van der Waals surface area contributed by atoms with Crippen LogP contribution in [0.2, 0.25) is 5.02 Å². The molecule has 0 amide bonds. The number of nitrogen functional groups attached to an aromatic ring is 1. The van der Waals surface area contributed by atoms with E-state index in [9.17, 15) is 8.42 Å². The van der Waals surface area contributed by atoms with Crippen molar-refractivity contribution in [3.63, 3.8) is 0 Å². The molecule has 1 aliphatic rings. The van der Waals surface area contributed by atoms with E-state index in [1.54, 1.807) is 4.31 Å². The molecule has 0 aliphatic carbocycles. The Bertz CT molecular complexity index is 599. The minimum atomic E-state index is -3.48. The minimum absolute atomic E-state index is 0.198. The molecule has 112 valence electrons. The monoisotopic (exact) mass is 316 g/mol. The molecule has 1 aromatic rings. The number of rotatable bonds is 2. The van der Waals surface area contributed by atoms with Crippen molar-refractivity contribution in [2.24, 2.45) is 5.41 Å². The Kier molecular flexibility index (Phi) is 4.33. The first-order chi connectivity index (χ1) is 9.22. The van der Waals surface area contributed by atoms with Crippen LogP contribution < -0.4 is 5.73 Å². The Labute approximate surface area is 126 Å². The SMILES string of the molecule is CC1(C)CCCN(S(=O)(=O)c2ccc(Cl)c(N)c2)CC1. The third-order valence-corrected chi connectivity index (χ3v) is 6.14. The Hall–Kier alpha value is -0.780. The van der Waals surface area contributed by atoms with E-state index in [2.05, 4.69) is 13.8 Å². The highest BCUT2D eigenvalue weighted by Crippen LogP contribution is 2.32. The molecule has 1 saturated heterocycles. The average Bonchev–Trinajstić information content (AvgIpc) is 2.54. The summed E-state index contributed by atoms with van der Waals surface area (Å²) in [7, 11) is -3.48. The smallest absolute Gasteiger partial charge is 0.243 e. The zero-order valence-corrected chi connectivity index (χ0v) is 13.5. The molecule has 20 heavy (non-hydrogen) atoms. The molecule has 0 saturated carbocycles. The van der Waals surface area contributed by atoms with Crippen LogP contribution in [0.4, 0.5) is 5.69 Å². The predicted molar refractivity (Wildman–Crippen MR) is 82.3 cm³/mol. The second-order valence-electron chi connectivity index (χ2n) is 6.11. The predicted octanol–water partition coefficient (Wildman–Crippen LogP) is 3.12. The van der Waals surface area contributed by atoms with Gasteiger partial charge in [-0.15, -0.1) is 0 Å². The largest absolute Gasteiger partial charge is 0.397 e. The summed E-state index contributed by atoms with van der Waals surface area (Å²) in [4.78, 5) is 0.221. The molecule has 1 aliphatic heterocycles. The average molecular weight is 317 g/mol. The maximum atomic E-state index is 12.6. The molecule has 1 heterocycles. The first-order valence-electron chi connectivity index (χ1n) is 6.78. The number of hydrogen-bond acceptors (Lipinski definition) is 3. The van der Waals surface area contributed by atoms with Crippen molar-refractivity contribution >= 4 is 27.3 Å². The normalized spacial score (nSPS) is 20.6. The quantitative estimate of drug-likeness (QED) is 0.853. The molecule has 0 unspecified atom stereocenters. The number of benzene rings is 1. The van der Waals surface area contributed by atoms with E-state index in [1.165, 1.54) is 18.2 Å². The van der Waals surface area contributed by atoms with Crippen LogP contribution in [-0.2, 0) is 10.0 Å². The van der Waals surface area contributed by atoms with Gasteiger partial charge < -0.3 is 5.73 Å². The van der Waals surface area contributed by atoms with Crippen molar-refractivity contribution in [2.75, 3.05) is 18.8 Å². The van der Waals surface area contributed by atoms with Crippen molar-refractivity contribution < 1.29 is 8.42 Å². The first kappa shape index (κ1) is 15.6. The molecule has 0 radical (unpaired) electrons. The van der Waals surface area contributed by atoms with Crippen molar-refractivity contribution in [2.45, 2.75) is 38.0 Å². The standard InChI is InChI=1S/C14H21ClN2O2S/c1-14(2)6-3-8-17(9-7-14)20(18,19)11-4-5-12(15)13(16)10-11/h4-5,10H,3,6-9,16H2,1-2H3. The molecular formula is C14H21ClN2O2S. The second kappa shape index (κ2) is 5.54. The van der Waals surface area contributed by atoms with Gasteiger partial charge in [0.2, 0.25) is 10.0 Å². The van der Waals surface area contributed by atoms with Gasteiger partial charge >= 0.3 is 0 Å². The zero-order chi connectivity index (χ0) is 15.0. The summed E-state index contributed by atoms with van der Waals surface area (Å²) in [5, 5.41) is 0.376. The van der Waals surface area contributed by atoms with Gasteiger partial charge in [-0.25, -0.2) is 8.42 Å². The van der Waals surface area contributed by atoms with E-state index < -0.39 is 10.0 Å². The number of halogens is 1. The lowest BCUT2D eigenvalue weighted by Crippen LogP contribution is -2.32. The third-order valence-electron chi connectivity index (χ3n) is 3.90. The molecule has 0 atom stereocenters. The molecule has 4 nitrogen and oxygen atoms in total.